The molecule has 1 atom stereocenters. The van der Waals surface area contributed by atoms with Gasteiger partial charge in [0.15, 0.2) is 0 Å². The van der Waals surface area contributed by atoms with Crippen LogP contribution < -0.4 is 0 Å². The van der Waals surface area contributed by atoms with Gasteiger partial charge < -0.3 is 0 Å². The number of rotatable bonds is 2. The highest BCUT2D eigenvalue weighted by atomic mass is 35.5. The van der Waals surface area contributed by atoms with Crippen molar-refractivity contribution in [3.63, 3.8) is 0 Å². The lowest BCUT2D eigenvalue weighted by atomic mass is 9.89. The summed E-state index contributed by atoms with van der Waals surface area (Å²) in [4.78, 5) is 4.33. The first kappa shape index (κ1) is 12.9. The van der Waals surface area contributed by atoms with Crippen molar-refractivity contribution in [3.05, 3.63) is 40.5 Å². The van der Waals surface area contributed by atoms with E-state index in [-0.39, 0.29) is 5.92 Å². The van der Waals surface area contributed by atoms with Gasteiger partial charge in [-0.3, -0.25) is 0 Å². The molecule has 0 radical (unpaired) electrons. The second-order valence-electron chi connectivity index (χ2n) is 4.90. The van der Waals surface area contributed by atoms with Crippen molar-refractivity contribution in [2.45, 2.75) is 26.7 Å². The molecule has 2 nitrogen and oxygen atoms in total. The molecule has 0 N–H and O–H groups in total. The average molecular weight is 259 g/mol. The minimum absolute atomic E-state index is 0.0783. The van der Waals surface area contributed by atoms with Crippen LogP contribution in [0.15, 0.2) is 24.3 Å². The van der Waals surface area contributed by atoms with Gasteiger partial charge in [0.25, 0.3) is 0 Å². The standard InChI is InChI=1S/C15H15ClN2/c1-9(2)13(8-17)11-4-5-14-12(7-11)6-10(3)15(16)18-14/h4-7,9,13H,1-3H3. The fourth-order valence-corrected chi connectivity index (χ4v) is 2.22. The number of aryl methyl sites for hydroxylation is 1. The van der Waals surface area contributed by atoms with Crippen LogP contribution in [0.4, 0.5) is 0 Å². The summed E-state index contributed by atoms with van der Waals surface area (Å²) in [6.45, 7) is 6.05. The molecular weight excluding hydrogens is 244 g/mol. The van der Waals surface area contributed by atoms with Crippen LogP contribution in [0, 0.1) is 24.2 Å². The Morgan fingerprint density at radius 3 is 2.61 bits per heavy atom. The van der Waals surface area contributed by atoms with Crippen LogP contribution in [-0.2, 0) is 0 Å². The van der Waals surface area contributed by atoms with Crippen LogP contribution in [-0.4, -0.2) is 4.98 Å². The Kier molecular flexibility index (Phi) is 3.54. The lowest BCUT2D eigenvalue weighted by Gasteiger charge is -2.14. The molecule has 1 aromatic carbocycles. The second kappa shape index (κ2) is 4.96. The van der Waals surface area contributed by atoms with Crippen molar-refractivity contribution < 1.29 is 0 Å². The maximum atomic E-state index is 9.23. The van der Waals surface area contributed by atoms with E-state index >= 15 is 0 Å². The number of hydrogen-bond donors (Lipinski definition) is 0. The summed E-state index contributed by atoms with van der Waals surface area (Å²) >= 11 is 6.00. The molecule has 0 saturated carbocycles. The van der Waals surface area contributed by atoms with Gasteiger partial charge >= 0.3 is 0 Å². The summed E-state index contributed by atoms with van der Waals surface area (Å²) < 4.78 is 0. The summed E-state index contributed by atoms with van der Waals surface area (Å²) in [6, 6.07) is 10.3. The first-order valence-electron chi connectivity index (χ1n) is 5.99. The van der Waals surface area contributed by atoms with Crippen molar-refractivity contribution in [2.75, 3.05) is 0 Å². The first-order chi connectivity index (χ1) is 8.52. The molecule has 1 heterocycles. The third-order valence-corrected chi connectivity index (χ3v) is 3.52. The zero-order valence-electron chi connectivity index (χ0n) is 10.7. The molecule has 0 spiro atoms. The van der Waals surface area contributed by atoms with Crippen molar-refractivity contribution in [3.8, 4) is 6.07 Å². The first-order valence-corrected chi connectivity index (χ1v) is 6.37. The third-order valence-electron chi connectivity index (χ3n) is 3.13. The maximum Gasteiger partial charge on any atom is 0.132 e. The smallest absolute Gasteiger partial charge is 0.132 e. The van der Waals surface area contributed by atoms with Gasteiger partial charge in [-0.1, -0.05) is 31.5 Å². The Bertz CT molecular complexity index is 626. The minimum Gasteiger partial charge on any atom is -0.236 e. The molecule has 2 rings (SSSR count). The number of nitrogens with zero attached hydrogens (tertiary/aromatic N) is 2. The van der Waals surface area contributed by atoms with Crippen LogP contribution in [0.2, 0.25) is 5.15 Å². The molecule has 0 amide bonds. The lowest BCUT2D eigenvalue weighted by molar-refractivity contribution is 0.588. The summed E-state index contributed by atoms with van der Waals surface area (Å²) in [7, 11) is 0. The Morgan fingerprint density at radius 1 is 1.28 bits per heavy atom. The molecule has 92 valence electrons. The van der Waals surface area contributed by atoms with E-state index in [4.69, 9.17) is 11.6 Å². The van der Waals surface area contributed by atoms with Crippen LogP contribution in [0.3, 0.4) is 0 Å². The van der Waals surface area contributed by atoms with Crippen molar-refractivity contribution in [1.29, 1.82) is 5.26 Å². The zero-order valence-corrected chi connectivity index (χ0v) is 11.5. The van der Waals surface area contributed by atoms with Gasteiger partial charge in [-0.25, -0.2) is 4.98 Å². The monoisotopic (exact) mass is 258 g/mol. The Labute approximate surface area is 112 Å². The molecule has 0 saturated heterocycles. The van der Waals surface area contributed by atoms with E-state index in [1.54, 1.807) is 0 Å². The van der Waals surface area contributed by atoms with E-state index in [1.807, 2.05) is 31.2 Å². The number of halogens is 1. The van der Waals surface area contributed by atoms with E-state index in [1.165, 1.54) is 0 Å². The highest BCUT2D eigenvalue weighted by molar-refractivity contribution is 6.30. The van der Waals surface area contributed by atoms with Gasteiger partial charge in [0.05, 0.1) is 17.5 Å². The molecule has 1 unspecified atom stereocenters. The summed E-state index contributed by atoms with van der Waals surface area (Å²) in [5.41, 5.74) is 2.87. The van der Waals surface area contributed by atoms with Crippen LogP contribution in [0.1, 0.15) is 30.9 Å². The number of aromatic nitrogens is 1. The predicted octanol–water partition coefficient (Wildman–Crippen LogP) is 4.46. The summed E-state index contributed by atoms with van der Waals surface area (Å²) in [6.07, 6.45) is 0. The fraction of sp³-hybridized carbons (Fsp3) is 0.333. The average Bonchev–Trinajstić information content (AvgIpc) is 2.31. The van der Waals surface area contributed by atoms with Gasteiger partial charge in [0, 0.05) is 5.39 Å². The van der Waals surface area contributed by atoms with Gasteiger partial charge in [-0.2, -0.15) is 5.26 Å². The van der Waals surface area contributed by atoms with Crippen molar-refractivity contribution in [1.82, 2.24) is 4.98 Å². The highest BCUT2D eigenvalue weighted by Gasteiger charge is 2.15. The fourth-order valence-electron chi connectivity index (χ4n) is 2.08. The molecule has 1 aromatic heterocycles. The van der Waals surface area contributed by atoms with Gasteiger partial charge in [-0.05, 0) is 42.2 Å². The lowest BCUT2D eigenvalue weighted by Crippen LogP contribution is -2.04. The SMILES string of the molecule is Cc1cc2cc(C(C#N)C(C)C)ccc2nc1Cl. The van der Waals surface area contributed by atoms with Gasteiger partial charge in [0.2, 0.25) is 0 Å². The number of pyridine rings is 1. The molecule has 3 heteroatoms. The summed E-state index contributed by atoms with van der Waals surface area (Å²) in [5.74, 6) is 0.221. The largest absolute Gasteiger partial charge is 0.236 e. The summed E-state index contributed by atoms with van der Waals surface area (Å²) in [5, 5.41) is 10.8. The van der Waals surface area contributed by atoms with Crippen LogP contribution >= 0.6 is 11.6 Å². The molecule has 2 aromatic rings. The van der Waals surface area contributed by atoms with Crippen LogP contribution in [0.25, 0.3) is 10.9 Å². The minimum atomic E-state index is -0.0783. The number of benzene rings is 1. The van der Waals surface area contributed by atoms with E-state index in [9.17, 15) is 5.26 Å². The maximum absolute atomic E-state index is 9.23. The Balaban J connectivity index is 2.57. The number of fused-ring (bicyclic) bond motifs is 1. The second-order valence-corrected chi connectivity index (χ2v) is 5.26. The number of nitriles is 1. The molecule has 0 fully saturated rings. The highest BCUT2D eigenvalue weighted by Crippen LogP contribution is 2.27. The molecular formula is C15H15ClN2. The molecule has 0 aliphatic rings. The van der Waals surface area contributed by atoms with E-state index in [0.717, 1.165) is 22.0 Å². The van der Waals surface area contributed by atoms with Gasteiger partial charge in [0.1, 0.15) is 5.15 Å². The van der Waals surface area contributed by atoms with E-state index in [0.29, 0.717) is 11.1 Å². The normalized spacial score (nSPS) is 12.7. The molecule has 0 aliphatic carbocycles. The van der Waals surface area contributed by atoms with Crippen molar-refractivity contribution >= 4 is 22.5 Å². The number of hydrogen-bond acceptors (Lipinski definition) is 2. The molecule has 0 aliphatic heterocycles. The zero-order chi connectivity index (χ0) is 13.3. The topological polar surface area (TPSA) is 36.7 Å². The van der Waals surface area contributed by atoms with Gasteiger partial charge in [-0.15, -0.1) is 0 Å². The molecule has 0 bridgehead atoms. The van der Waals surface area contributed by atoms with E-state index in [2.05, 4.69) is 24.9 Å². The third kappa shape index (κ3) is 2.32. The van der Waals surface area contributed by atoms with Crippen LogP contribution in [0.5, 0.6) is 0 Å². The molecule has 18 heavy (non-hydrogen) atoms. The Morgan fingerprint density at radius 2 is 2.00 bits per heavy atom. The Hall–Kier alpha value is -1.59. The predicted molar refractivity (Wildman–Crippen MR) is 74.7 cm³/mol. The van der Waals surface area contributed by atoms with Crippen molar-refractivity contribution in [2.24, 2.45) is 5.92 Å². The quantitative estimate of drug-likeness (QED) is 0.746. The van der Waals surface area contributed by atoms with E-state index < -0.39 is 0 Å².